The van der Waals surface area contributed by atoms with Gasteiger partial charge in [0.25, 0.3) is 0 Å². The van der Waals surface area contributed by atoms with Gasteiger partial charge in [-0.1, -0.05) is 5.92 Å². The molecule has 0 bridgehead atoms. The number of thioether (sulfide) groups is 1. The number of rotatable bonds is 3. The fourth-order valence-corrected chi connectivity index (χ4v) is 1.05. The van der Waals surface area contributed by atoms with Crippen molar-refractivity contribution in [3.8, 4) is 11.8 Å². The Labute approximate surface area is 67.8 Å². The topological polar surface area (TPSA) is 0 Å². The van der Waals surface area contributed by atoms with Gasteiger partial charge in [0.15, 0.2) is 0 Å². The molecule has 0 spiro atoms. The molecule has 1 rings (SSSR count). The molecule has 0 nitrogen and oxygen atoms in total. The van der Waals surface area contributed by atoms with Crippen LogP contribution in [0.5, 0.6) is 0 Å². The van der Waals surface area contributed by atoms with E-state index in [1.807, 2.05) is 0 Å². The largest absolute Gasteiger partial charge is 0.152 e. The van der Waals surface area contributed by atoms with Crippen molar-refractivity contribution in [1.29, 1.82) is 0 Å². The van der Waals surface area contributed by atoms with Crippen LogP contribution < -0.4 is 0 Å². The smallest absolute Gasteiger partial charge is 0.0544 e. The lowest BCUT2D eigenvalue weighted by atomic mass is 10.2. The van der Waals surface area contributed by atoms with Crippen molar-refractivity contribution in [1.82, 2.24) is 0 Å². The van der Waals surface area contributed by atoms with Gasteiger partial charge in [0.1, 0.15) is 0 Å². The second-order valence-electron chi connectivity index (χ2n) is 2.56. The van der Waals surface area contributed by atoms with E-state index in [2.05, 4.69) is 24.5 Å². The van der Waals surface area contributed by atoms with Crippen molar-refractivity contribution in [3.63, 3.8) is 0 Å². The van der Waals surface area contributed by atoms with Crippen LogP contribution in [-0.2, 0) is 0 Å². The molecule has 0 aliphatic heterocycles. The maximum absolute atomic E-state index is 3.17. The van der Waals surface area contributed by atoms with Crippen molar-refractivity contribution in [3.05, 3.63) is 6.42 Å². The Hall–Kier alpha value is -0.0900. The summed E-state index contributed by atoms with van der Waals surface area (Å²) in [5.41, 5.74) is 0. The average molecular weight is 153 g/mol. The monoisotopic (exact) mass is 153 g/mol. The summed E-state index contributed by atoms with van der Waals surface area (Å²) < 4.78 is 0. The van der Waals surface area contributed by atoms with Crippen LogP contribution in [0.2, 0.25) is 0 Å². The minimum absolute atomic E-state index is 0.920. The Bertz CT molecular complexity index is 137. The molecule has 10 heavy (non-hydrogen) atoms. The molecule has 1 aliphatic rings. The van der Waals surface area contributed by atoms with E-state index in [9.17, 15) is 0 Å². The van der Waals surface area contributed by atoms with E-state index in [1.54, 1.807) is 11.8 Å². The maximum atomic E-state index is 3.17. The minimum Gasteiger partial charge on any atom is -0.152 e. The first-order valence-corrected chi connectivity index (χ1v) is 5.11. The van der Waals surface area contributed by atoms with Crippen molar-refractivity contribution in [2.75, 3.05) is 12.0 Å². The summed E-state index contributed by atoms with van der Waals surface area (Å²) in [5.74, 6) is 8.20. The predicted octanol–water partition coefficient (Wildman–Crippen LogP) is 2.36. The van der Waals surface area contributed by atoms with E-state index < -0.39 is 0 Å². The van der Waals surface area contributed by atoms with E-state index in [4.69, 9.17) is 0 Å². The van der Waals surface area contributed by atoms with Crippen molar-refractivity contribution >= 4 is 11.8 Å². The van der Waals surface area contributed by atoms with E-state index in [-0.39, 0.29) is 0 Å². The number of hydrogen-bond acceptors (Lipinski definition) is 1. The van der Waals surface area contributed by atoms with Crippen LogP contribution in [-0.4, -0.2) is 12.0 Å². The second kappa shape index (κ2) is 4.68. The van der Waals surface area contributed by atoms with Gasteiger partial charge in [0, 0.05) is 6.42 Å². The van der Waals surface area contributed by atoms with Gasteiger partial charge < -0.3 is 0 Å². The summed E-state index contributed by atoms with van der Waals surface area (Å²) in [6, 6.07) is 0. The summed E-state index contributed by atoms with van der Waals surface area (Å²) in [6.45, 7) is 0. The summed E-state index contributed by atoms with van der Waals surface area (Å²) in [7, 11) is 0. The van der Waals surface area contributed by atoms with Crippen LogP contribution >= 0.6 is 11.8 Å². The number of hydrogen-bond donors (Lipinski definition) is 0. The van der Waals surface area contributed by atoms with Crippen LogP contribution in [0.1, 0.15) is 19.3 Å². The van der Waals surface area contributed by atoms with Gasteiger partial charge in [-0.05, 0) is 31.4 Å². The zero-order valence-corrected chi connectivity index (χ0v) is 7.21. The second-order valence-corrected chi connectivity index (χ2v) is 3.42. The van der Waals surface area contributed by atoms with Crippen LogP contribution in [0.15, 0.2) is 0 Å². The minimum atomic E-state index is 0.920. The lowest BCUT2D eigenvalue weighted by Crippen LogP contribution is -1.74. The SMILES string of the molecule is CSCC#CCCC1[CH]C1. The highest BCUT2D eigenvalue weighted by molar-refractivity contribution is 7.98. The molecule has 1 saturated carbocycles. The molecule has 0 heterocycles. The summed E-state index contributed by atoms with van der Waals surface area (Å²) in [5, 5.41) is 0. The van der Waals surface area contributed by atoms with Crippen molar-refractivity contribution < 1.29 is 0 Å². The molecule has 0 saturated heterocycles. The lowest BCUT2D eigenvalue weighted by molar-refractivity contribution is 0.774. The van der Waals surface area contributed by atoms with Crippen LogP contribution in [0.25, 0.3) is 0 Å². The summed E-state index contributed by atoms with van der Waals surface area (Å²) >= 11 is 1.79. The first kappa shape index (κ1) is 8.01. The quantitative estimate of drug-likeness (QED) is 0.561. The van der Waals surface area contributed by atoms with Gasteiger partial charge in [-0.2, -0.15) is 11.8 Å². The lowest BCUT2D eigenvalue weighted by Gasteiger charge is -1.85. The highest BCUT2D eigenvalue weighted by Crippen LogP contribution is 2.31. The van der Waals surface area contributed by atoms with Gasteiger partial charge >= 0.3 is 0 Å². The molecule has 0 aromatic heterocycles. The Balaban J connectivity index is 1.88. The third-order valence-electron chi connectivity index (χ3n) is 1.55. The molecule has 0 aromatic carbocycles. The molecule has 1 unspecified atom stereocenters. The van der Waals surface area contributed by atoms with Gasteiger partial charge in [-0.25, -0.2) is 0 Å². The van der Waals surface area contributed by atoms with E-state index in [1.165, 1.54) is 12.8 Å². The molecule has 1 radical (unpaired) electrons. The summed E-state index contributed by atoms with van der Waals surface area (Å²) in [6.07, 6.45) is 8.17. The molecular weight excluding hydrogens is 140 g/mol. The van der Waals surface area contributed by atoms with E-state index in [0.717, 1.165) is 18.1 Å². The summed E-state index contributed by atoms with van der Waals surface area (Å²) in [4.78, 5) is 0. The predicted molar refractivity (Wildman–Crippen MR) is 47.8 cm³/mol. The Morgan fingerprint density at radius 2 is 2.40 bits per heavy atom. The fraction of sp³-hybridized carbons (Fsp3) is 0.667. The van der Waals surface area contributed by atoms with Crippen LogP contribution in [0.3, 0.4) is 0 Å². The van der Waals surface area contributed by atoms with Gasteiger partial charge in [-0.3, -0.25) is 0 Å². The third-order valence-corrected chi connectivity index (χ3v) is 1.98. The molecule has 1 heteroatoms. The molecule has 55 valence electrons. The van der Waals surface area contributed by atoms with Crippen LogP contribution in [0.4, 0.5) is 0 Å². The highest BCUT2D eigenvalue weighted by Gasteiger charge is 2.19. The van der Waals surface area contributed by atoms with Crippen molar-refractivity contribution in [2.45, 2.75) is 19.3 Å². The first-order chi connectivity index (χ1) is 4.93. The maximum Gasteiger partial charge on any atom is 0.0544 e. The molecular formula is C9H13S. The first-order valence-electron chi connectivity index (χ1n) is 3.71. The normalized spacial score (nSPS) is 16.1. The standard InChI is InChI=1S/C9H13S/c1-10-8-4-2-3-5-9-6-7-9/h6,9H,3,5,7-8H2,1H3. The molecule has 0 N–H and O–H groups in total. The molecule has 1 fully saturated rings. The van der Waals surface area contributed by atoms with Gasteiger partial charge in [0.05, 0.1) is 5.75 Å². The average Bonchev–Trinajstić information content (AvgIpc) is 2.71. The van der Waals surface area contributed by atoms with E-state index >= 15 is 0 Å². The molecule has 1 atom stereocenters. The molecule has 0 amide bonds. The van der Waals surface area contributed by atoms with E-state index in [0.29, 0.717) is 0 Å². The Morgan fingerprint density at radius 1 is 1.60 bits per heavy atom. The fourth-order valence-electron chi connectivity index (χ4n) is 0.801. The van der Waals surface area contributed by atoms with Gasteiger partial charge in [-0.15, -0.1) is 5.92 Å². The zero-order valence-electron chi connectivity index (χ0n) is 6.39. The highest BCUT2D eigenvalue weighted by atomic mass is 32.2. The van der Waals surface area contributed by atoms with Crippen molar-refractivity contribution in [2.24, 2.45) is 5.92 Å². The van der Waals surface area contributed by atoms with Gasteiger partial charge in [0.2, 0.25) is 0 Å². The molecule has 1 aliphatic carbocycles. The Morgan fingerprint density at radius 3 is 3.00 bits per heavy atom. The Kier molecular flexibility index (Phi) is 3.75. The molecule has 0 aromatic rings. The zero-order chi connectivity index (χ0) is 7.23. The third kappa shape index (κ3) is 3.85. The van der Waals surface area contributed by atoms with Crippen LogP contribution in [0, 0.1) is 24.2 Å².